The summed E-state index contributed by atoms with van der Waals surface area (Å²) in [6, 6.07) is 15.5. The average Bonchev–Trinajstić information content (AvgIpc) is 2.99. The van der Waals surface area contributed by atoms with Crippen LogP contribution in [0.2, 0.25) is 5.02 Å². The summed E-state index contributed by atoms with van der Waals surface area (Å²) in [4.78, 5) is 0. The van der Waals surface area contributed by atoms with Gasteiger partial charge in [0.15, 0.2) is 0 Å². The quantitative estimate of drug-likeness (QED) is 0.497. The Balaban J connectivity index is 1.79. The smallest absolute Gasteiger partial charge is 0.146 e. The second-order valence-electron chi connectivity index (χ2n) is 5.89. The van der Waals surface area contributed by atoms with E-state index in [1.807, 2.05) is 48.5 Å². The van der Waals surface area contributed by atoms with Crippen molar-refractivity contribution in [3.8, 4) is 33.9 Å². The summed E-state index contributed by atoms with van der Waals surface area (Å²) in [6.45, 7) is 1.64. The number of halogens is 1. The Kier molecular flexibility index (Phi) is 4.49. The van der Waals surface area contributed by atoms with Crippen molar-refractivity contribution in [2.24, 2.45) is 5.73 Å². The Labute approximate surface area is 151 Å². The lowest BCUT2D eigenvalue weighted by molar-refractivity contribution is 0.106. The topological polar surface area (TPSA) is 57.6 Å². The molecule has 1 aliphatic heterocycles. The number of furan rings is 1. The van der Waals surface area contributed by atoms with E-state index >= 15 is 0 Å². The number of ether oxygens (including phenoxy) is 2. The summed E-state index contributed by atoms with van der Waals surface area (Å²) < 4.78 is 17.8. The molecule has 1 aliphatic rings. The second kappa shape index (κ2) is 6.92. The molecule has 0 aliphatic carbocycles. The molecule has 3 aromatic rings. The van der Waals surface area contributed by atoms with Crippen LogP contribution in [0, 0.1) is 0 Å². The van der Waals surface area contributed by atoms with Gasteiger partial charge >= 0.3 is 0 Å². The summed E-state index contributed by atoms with van der Waals surface area (Å²) in [5, 5.41) is 0.636. The van der Waals surface area contributed by atoms with Gasteiger partial charge in [0.1, 0.15) is 29.6 Å². The highest BCUT2D eigenvalue weighted by Crippen LogP contribution is 2.48. The highest BCUT2D eigenvalue weighted by molar-refractivity contribution is 6.31. The van der Waals surface area contributed by atoms with E-state index in [1.165, 1.54) is 0 Å². The minimum Gasteiger partial charge on any atom is -0.458 e. The van der Waals surface area contributed by atoms with Crippen molar-refractivity contribution in [3.63, 3.8) is 0 Å². The molecule has 0 spiro atoms. The zero-order valence-corrected chi connectivity index (χ0v) is 14.4. The number of benzene rings is 2. The molecule has 0 bridgehead atoms. The molecule has 5 heteroatoms. The molecule has 25 heavy (non-hydrogen) atoms. The van der Waals surface area contributed by atoms with Crippen LogP contribution in [0.3, 0.4) is 0 Å². The maximum atomic E-state index is 6.20. The lowest BCUT2D eigenvalue weighted by atomic mass is 10.0. The first-order valence-corrected chi connectivity index (χ1v) is 8.62. The van der Waals surface area contributed by atoms with Crippen molar-refractivity contribution in [3.05, 3.63) is 59.3 Å². The minimum atomic E-state index is 0.409. The van der Waals surface area contributed by atoms with Gasteiger partial charge in [0.25, 0.3) is 0 Å². The van der Waals surface area contributed by atoms with E-state index < -0.39 is 0 Å². The summed E-state index contributed by atoms with van der Waals surface area (Å²) in [6.07, 6.45) is 0.829. The molecule has 2 aromatic carbocycles. The highest BCUT2D eigenvalue weighted by atomic mass is 35.5. The summed E-state index contributed by atoms with van der Waals surface area (Å²) >= 11 is 6.20. The summed E-state index contributed by atoms with van der Waals surface area (Å²) in [5.41, 5.74) is 8.30. The third-order valence-electron chi connectivity index (χ3n) is 4.10. The van der Waals surface area contributed by atoms with E-state index in [-0.39, 0.29) is 0 Å². The fourth-order valence-corrected chi connectivity index (χ4v) is 3.11. The van der Waals surface area contributed by atoms with Gasteiger partial charge in [0.05, 0.1) is 5.56 Å². The average molecular weight is 356 g/mol. The maximum Gasteiger partial charge on any atom is 0.146 e. The Morgan fingerprint density at radius 3 is 2.68 bits per heavy atom. The zero-order valence-electron chi connectivity index (χ0n) is 13.6. The molecule has 0 unspecified atom stereocenters. The lowest BCUT2D eigenvalue weighted by Crippen LogP contribution is -2.03. The largest absolute Gasteiger partial charge is 0.458 e. The normalized spacial score (nSPS) is 11.9. The number of para-hydroxylation sites is 1. The van der Waals surface area contributed by atoms with Crippen LogP contribution in [0.25, 0.3) is 22.5 Å². The molecule has 4 rings (SSSR count). The number of hydrogen-bond donors (Lipinski definition) is 1. The molecule has 0 saturated carbocycles. The molecule has 0 radical (unpaired) electrons. The second-order valence-corrected chi connectivity index (χ2v) is 6.33. The van der Waals surface area contributed by atoms with E-state index in [9.17, 15) is 0 Å². The number of fused-ring (bicyclic) bond motifs is 5. The van der Waals surface area contributed by atoms with Crippen LogP contribution in [-0.4, -0.2) is 13.2 Å². The molecule has 0 saturated heterocycles. The fourth-order valence-electron chi connectivity index (χ4n) is 2.94. The molecule has 0 amide bonds. The zero-order chi connectivity index (χ0) is 17.2. The first-order valence-electron chi connectivity index (χ1n) is 8.24. The third-order valence-corrected chi connectivity index (χ3v) is 4.34. The molecule has 2 N–H and O–H groups in total. The van der Waals surface area contributed by atoms with Crippen LogP contribution in [0.15, 0.2) is 52.9 Å². The van der Waals surface area contributed by atoms with Crippen molar-refractivity contribution in [2.45, 2.75) is 13.0 Å². The van der Waals surface area contributed by atoms with E-state index in [0.717, 1.165) is 46.1 Å². The summed E-state index contributed by atoms with van der Waals surface area (Å²) in [7, 11) is 0. The molecule has 4 nitrogen and oxygen atoms in total. The van der Waals surface area contributed by atoms with Crippen molar-refractivity contribution in [1.82, 2.24) is 0 Å². The molecule has 128 valence electrons. The Morgan fingerprint density at radius 1 is 0.960 bits per heavy atom. The van der Waals surface area contributed by atoms with Crippen LogP contribution in [-0.2, 0) is 11.3 Å². The predicted octanol–water partition coefficient (Wildman–Crippen LogP) is 5.24. The fraction of sp³-hybridized carbons (Fsp3) is 0.200. The van der Waals surface area contributed by atoms with Gasteiger partial charge in [-0.1, -0.05) is 29.8 Å². The van der Waals surface area contributed by atoms with Crippen molar-refractivity contribution < 1.29 is 13.9 Å². The van der Waals surface area contributed by atoms with Crippen LogP contribution < -0.4 is 10.5 Å². The molecule has 1 aromatic heterocycles. The van der Waals surface area contributed by atoms with Gasteiger partial charge in [0.2, 0.25) is 0 Å². The van der Waals surface area contributed by atoms with E-state index in [4.69, 9.17) is 31.2 Å². The Morgan fingerprint density at radius 2 is 1.80 bits per heavy atom. The van der Waals surface area contributed by atoms with Crippen molar-refractivity contribution >= 4 is 11.6 Å². The van der Waals surface area contributed by atoms with Gasteiger partial charge in [-0.15, -0.1) is 0 Å². The third kappa shape index (κ3) is 3.16. The number of hydrogen-bond acceptors (Lipinski definition) is 4. The Hall–Kier alpha value is -2.27. The van der Waals surface area contributed by atoms with E-state index in [2.05, 4.69) is 0 Å². The van der Waals surface area contributed by atoms with Crippen LogP contribution in [0.1, 0.15) is 12.2 Å². The van der Waals surface area contributed by atoms with E-state index in [1.54, 1.807) is 0 Å². The number of rotatable bonds is 5. The highest BCUT2D eigenvalue weighted by Gasteiger charge is 2.25. The first kappa shape index (κ1) is 16.2. The maximum absolute atomic E-state index is 6.20. The first-order chi connectivity index (χ1) is 12.3. The van der Waals surface area contributed by atoms with Crippen molar-refractivity contribution in [1.29, 1.82) is 0 Å². The molecular weight excluding hydrogens is 338 g/mol. The molecule has 0 fully saturated rings. The summed E-state index contributed by atoms with van der Waals surface area (Å²) in [5.74, 6) is 3.03. The lowest BCUT2D eigenvalue weighted by Gasteiger charge is -2.09. The van der Waals surface area contributed by atoms with Crippen LogP contribution in [0.4, 0.5) is 0 Å². The SMILES string of the molecule is NCCCOCc1cc2c(o1)-c1cc(Cl)ccc1Oc1ccccc1-2. The molecule has 2 heterocycles. The van der Waals surface area contributed by atoms with E-state index in [0.29, 0.717) is 24.8 Å². The monoisotopic (exact) mass is 355 g/mol. The minimum absolute atomic E-state index is 0.409. The van der Waals surface area contributed by atoms with Gasteiger partial charge in [-0.3, -0.25) is 0 Å². The predicted molar refractivity (Wildman–Crippen MR) is 98.0 cm³/mol. The molecular formula is C20H18ClNO3. The molecule has 0 atom stereocenters. The van der Waals surface area contributed by atoms with Gasteiger partial charge in [0, 0.05) is 22.8 Å². The number of nitrogens with two attached hydrogens (primary N) is 1. The van der Waals surface area contributed by atoms with Crippen LogP contribution >= 0.6 is 11.6 Å². The Bertz CT molecular complexity index is 904. The van der Waals surface area contributed by atoms with Gasteiger partial charge in [-0.05, 0) is 43.3 Å². The van der Waals surface area contributed by atoms with Crippen LogP contribution in [0.5, 0.6) is 11.5 Å². The van der Waals surface area contributed by atoms with Crippen molar-refractivity contribution in [2.75, 3.05) is 13.2 Å². The van der Waals surface area contributed by atoms with Gasteiger partial charge in [-0.2, -0.15) is 0 Å². The van der Waals surface area contributed by atoms with Gasteiger partial charge in [-0.25, -0.2) is 0 Å². The van der Waals surface area contributed by atoms with Gasteiger partial charge < -0.3 is 19.6 Å². The standard InChI is InChI=1S/C20H18ClNO3/c21-13-6-7-19-17(10-13)20-16(15-4-1-2-5-18(15)25-19)11-14(24-20)12-23-9-3-8-22/h1-2,4-7,10-11H,3,8-9,12,22H2.